The smallest absolute Gasteiger partial charge is 0.157 e. The third-order valence-corrected chi connectivity index (χ3v) is 8.81. The van der Waals surface area contributed by atoms with Crippen LogP contribution in [0.15, 0.2) is 162 Å². The van der Waals surface area contributed by atoms with Crippen molar-refractivity contribution in [3.8, 4) is 33.4 Å². The van der Waals surface area contributed by atoms with E-state index >= 15 is 0 Å². The van der Waals surface area contributed by atoms with E-state index in [0.717, 1.165) is 22.3 Å². The monoisotopic (exact) mass is 581 g/mol. The van der Waals surface area contributed by atoms with Gasteiger partial charge in [-0.2, -0.15) is 0 Å². The first-order chi connectivity index (χ1) is 22.0. The van der Waals surface area contributed by atoms with Crippen molar-refractivity contribution in [2.45, 2.75) is 25.8 Å². The molecule has 6 aromatic rings. The molecule has 1 aliphatic rings. The van der Waals surface area contributed by atoms with Gasteiger partial charge < -0.3 is 5.73 Å². The van der Waals surface area contributed by atoms with E-state index in [1.165, 1.54) is 38.9 Å². The molecule has 0 aliphatic heterocycles. The summed E-state index contributed by atoms with van der Waals surface area (Å²) < 4.78 is 0. The molecule has 0 atom stereocenters. The number of nitrogens with zero attached hydrogens (tertiary/aromatic N) is 2. The summed E-state index contributed by atoms with van der Waals surface area (Å²) in [6.45, 7) is 5.14. The molecule has 0 aromatic heterocycles. The van der Waals surface area contributed by atoms with Gasteiger partial charge in [0.15, 0.2) is 5.84 Å². The van der Waals surface area contributed by atoms with Crippen molar-refractivity contribution in [1.82, 2.24) is 0 Å². The molecule has 6 aromatic carbocycles. The third-order valence-electron chi connectivity index (χ3n) is 8.81. The van der Waals surface area contributed by atoms with Gasteiger partial charge in [-0.3, -0.25) is 4.99 Å². The van der Waals surface area contributed by atoms with Gasteiger partial charge in [0.1, 0.15) is 5.84 Å². The zero-order valence-electron chi connectivity index (χ0n) is 25.6. The second-order valence-electron chi connectivity index (χ2n) is 12.0. The van der Waals surface area contributed by atoms with Crippen LogP contribution in [0.4, 0.5) is 0 Å². The van der Waals surface area contributed by atoms with Crippen LogP contribution >= 0.6 is 0 Å². The quantitative estimate of drug-likeness (QED) is 0.154. The van der Waals surface area contributed by atoms with Gasteiger partial charge in [-0.25, -0.2) is 4.99 Å². The highest BCUT2D eigenvalue weighted by Gasteiger charge is 2.36. The molecule has 1 aliphatic carbocycles. The van der Waals surface area contributed by atoms with Crippen molar-refractivity contribution >= 4 is 11.7 Å². The van der Waals surface area contributed by atoms with E-state index in [4.69, 9.17) is 15.7 Å². The summed E-state index contributed by atoms with van der Waals surface area (Å²) >= 11 is 0. The summed E-state index contributed by atoms with van der Waals surface area (Å²) in [5, 5.41) is 0. The SMILES string of the molecule is CC1(C)c2cc(CN=C(N=C(N)c3ccc(-c4ccccc4)cc3)c3ccccc3)ccc2-c2c(-c3ccccc3)cccc21. The van der Waals surface area contributed by atoms with Crippen molar-refractivity contribution in [2.75, 3.05) is 0 Å². The predicted molar refractivity (Wildman–Crippen MR) is 189 cm³/mol. The van der Waals surface area contributed by atoms with Gasteiger partial charge in [-0.15, -0.1) is 0 Å². The van der Waals surface area contributed by atoms with Crippen molar-refractivity contribution < 1.29 is 0 Å². The van der Waals surface area contributed by atoms with Crippen molar-refractivity contribution in [1.29, 1.82) is 0 Å². The molecule has 3 nitrogen and oxygen atoms in total. The number of hydrogen-bond donors (Lipinski definition) is 1. The van der Waals surface area contributed by atoms with Crippen LogP contribution in [0.1, 0.15) is 41.7 Å². The Morgan fingerprint density at radius 3 is 1.87 bits per heavy atom. The number of fused-ring (bicyclic) bond motifs is 3. The van der Waals surface area contributed by atoms with Crippen molar-refractivity contribution in [3.05, 3.63) is 179 Å². The highest BCUT2D eigenvalue weighted by Crippen LogP contribution is 2.52. The van der Waals surface area contributed by atoms with Crippen LogP contribution in [0.5, 0.6) is 0 Å². The number of aliphatic imine (C=N–C) groups is 2. The Hall–Kier alpha value is -5.54. The summed E-state index contributed by atoms with van der Waals surface area (Å²) in [6.07, 6.45) is 0. The standard InChI is InChI=1S/C42H35N3/c1-42(2)37-20-12-19-35(32-15-8-4-9-16-32)39(37)36-26-21-29(27-38(36)42)28-44-41(34-17-10-5-11-18-34)45-40(43)33-24-22-31(23-25-33)30-13-6-3-7-14-30/h3-27H,28H2,1-2H3,(H2,43,44,45). The number of amidine groups is 2. The molecule has 0 bridgehead atoms. The number of benzene rings is 6. The molecule has 218 valence electrons. The zero-order valence-corrected chi connectivity index (χ0v) is 25.6. The Bertz CT molecular complexity index is 2020. The second-order valence-corrected chi connectivity index (χ2v) is 12.0. The van der Waals surface area contributed by atoms with Crippen molar-refractivity contribution in [2.24, 2.45) is 15.7 Å². The Morgan fingerprint density at radius 1 is 0.556 bits per heavy atom. The minimum atomic E-state index is -0.119. The van der Waals surface area contributed by atoms with E-state index in [-0.39, 0.29) is 5.41 Å². The summed E-state index contributed by atoms with van der Waals surface area (Å²) in [6, 6.07) is 52.8. The van der Waals surface area contributed by atoms with Crippen LogP contribution in [-0.4, -0.2) is 11.7 Å². The first-order valence-corrected chi connectivity index (χ1v) is 15.4. The molecule has 2 N–H and O–H groups in total. The van der Waals surface area contributed by atoms with E-state index in [2.05, 4.69) is 105 Å². The average molecular weight is 582 g/mol. The molecule has 0 amide bonds. The van der Waals surface area contributed by atoms with Crippen LogP contribution in [0.2, 0.25) is 0 Å². The molecule has 0 fully saturated rings. The van der Waals surface area contributed by atoms with Gasteiger partial charge in [0, 0.05) is 16.5 Å². The lowest BCUT2D eigenvalue weighted by atomic mass is 9.81. The Labute approximate surface area is 265 Å². The van der Waals surface area contributed by atoms with Crippen LogP contribution < -0.4 is 5.73 Å². The van der Waals surface area contributed by atoms with Crippen LogP contribution in [0.25, 0.3) is 33.4 Å². The van der Waals surface area contributed by atoms with Gasteiger partial charge in [0.2, 0.25) is 0 Å². The molecule has 0 saturated carbocycles. The van der Waals surface area contributed by atoms with Crippen LogP contribution in [0, 0.1) is 0 Å². The molecular weight excluding hydrogens is 546 g/mol. The molecule has 45 heavy (non-hydrogen) atoms. The average Bonchev–Trinajstić information content (AvgIpc) is 3.33. The number of nitrogens with two attached hydrogens (primary N) is 1. The minimum Gasteiger partial charge on any atom is -0.383 e. The van der Waals surface area contributed by atoms with Crippen LogP contribution in [0.3, 0.4) is 0 Å². The fourth-order valence-corrected chi connectivity index (χ4v) is 6.38. The van der Waals surface area contributed by atoms with Gasteiger partial charge in [-0.1, -0.05) is 166 Å². The summed E-state index contributed by atoms with van der Waals surface area (Å²) in [5.74, 6) is 1.06. The first kappa shape index (κ1) is 28.2. The van der Waals surface area contributed by atoms with E-state index in [1.54, 1.807) is 0 Å². The number of hydrogen-bond acceptors (Lipinski definition) is 1. The molecule has 7 rings (SSSR count). The lowest BCUT2D eigenvalue weighted by Crippen LogP contribution is -2.16. The van der Waals surface area contributed by atoms with Gasteiger partial charge in [0.05, 0.1) is 6.54 Å². The first-order valence-electron chi connectivity index (χ1n) is 15.4. The van der Waals surface area contributed by atoms with Crippen molar-refractivity contribution in [3.63, 3.8) is 0 Å². The maximum Gasteiger partial charge on any atom is 0.157 e. The molecule has 0 unspecified atom stereocenters. The largest absolute Gasteiger partial charge is 0.383 e. The molecular formula is C42H35N3. The second kappa shape index (κ2) is 11.9. The maximum absolute atomic E-state index is 6.58. The predicted octanol–water partition coefficient (Wildman–Crippen LogP) is 9.68. The minimum absolute atomic E-state index is 0.119. The summed E-state index contributed by atoms with van der Waals surface area (Å²) in [4.78, 5) is 9.89. The fraction of sp³-hybridized carbons (Fsp3) is 0.0952. The highest BCUT2D eigenvalue weighted by atomic mass is 15.0. The normalized spacial score (nSPS) is 13.7. The lowest BCUT2D eigenvalue weighted by molar-refractivity contribution is 0.659. The van der Waals surface area contributed by atoms with E-state index in [1.807, 2.05) is 60.7 Å². The Morgan fingerprint density at radius 2 is 1.18 bits per heavy atom. The van der Waals surface area contributed by atoms with E-state index in [9.17, 15) is 0 Å². The molecule has 0 spiro atoms. The maximum atomic E-state index is 6.58. The van der Waals surface area contributed by atoms with Crippen LogP contribution in [-0.2, 0) is 12.0 Å². The summed E-state index contributed by atoms with van der Waals surface area (Å²) in [5.41, 5.74) is 19.6. The zero-order chi connectivity index (χ0) is 30.8. The fourth-order valence-electron chi connectivity index (χ4n) is 6.38. The number of rotatable bonds is 6. The van der Waals surface area contributed by atoms with Gasteiger partial charge >= 0.3 is 0 Å². The van der Waals surface area contributed by atoms with E-state index in [0.29, 0.717) is 18.2 Å². The molecule has 0 heterocycles. The third kappa shape index (κ3) is 5.49. The van der Waals surface area contributed by atoms with E-state index < -0.39 is 0 Å². The Balaban J connectivity index is 1.21. The van der Waals surface area contributed by atoms with Gasteiger partial charge in [-0.05, 0) is 50.1 Å². The lowest BCUT2D eigenvalue weighted by Gasteiger charge is -2.22. The molecule has 0 radical (unpaired) electrons. The molecule has 0 saturated heterocycles. The highest BCUT2D eigenvalue weighted by molar-refractivity contribution is 6.11. The van der Waals surface area contributed by atoms with Gasteiger partial charge in [0.25, 0.3) is 0 Å². The summed E-state index contributed by atoms with van der Waals surface area (Å²) in [7, 11) is 0. The molecule has 3 heteroatoms. The Kier molecular flexibility index (Phi) is 7.44. The topological polar surface area (TPSA) is 50.7 Å².